The van der Waals surface area contributed by atoms with E-state index in [0.29, 0.717) is 12.1 Å². The van der Waals surface area contributed by atoms with Gasteiger partial charge < -0.3 is 9.73 Å². The third-order valence-corrected chi connectivity index (χ3v) is 2.98. The molecule has 0 bridgehead atoms. The van der Waals surface area contributed by atoms with Gasteiger partial charge in [0.05, 0.1) is 12.0 Å². The van der Waals surface area contributed by atoms with Gasteiger partial charge in [0.15, 0.2) is 11.6 Å². The van der Waals surface area contributed by atoms with E-state index in [9.17, 15) is 4.39 Å². The van der Waals surface area contributed by atoms with Crippen molar-refractivity contribution in [1.29, 1.82) is 0 Å². The van der Waals surface area contributed by atoms with Crippen molar-refractivity contribution in [3.8, 4) is 0 Å². The summed E-state index contributed by atoms with van der Waals surface area (Å²) in [6, 6.07) is 3.91. The van der Waals surface area contributed by atoms with Crippen LogP contribution in [-0.2, 0) is 12.8 Å². The minimum atomic E-state index is -0.352. The molecule has 102 valence electrons. The number of nitrogens with one attached hydrogen (secondary N) is 1. The Kier molecular flexibility index (Phi) is 4.49. The van der Waals surface area contributed by atoms with Crippen LogP contribution < -0.4 is 5.32 Å². The zero-order valence-electron chi connectivity index (χ0n) is 11.2. The van der Waals surface area contributed by atoms with Gasteiger partial charge in [-0.15, -0.1) is 0 Å². The van der Waals surface area contributed by atoms with E-state index in [1.165, 1.54) is 6.33 Å². The van der Waals surface area contributed by atoms with Crippen LogP contribution in [0.5, 0.6) is 0 Å². The Morgan fingerprint density at radius 3 is 2.95 bits per heavy atom. The Bertz CT molecular complexity index is 513. The lowest BCUT2D eigenvalue weighted by Crippen LogP contribution is -2.18. The summed E-state index contributed by atoms with van der Waals surface area (Å²) in [7, 11) is 0. The molecule has 5 heteroatoms. The van der Waals surface area contributed by atoms with E-state index in [1.54, 1.807) is 6.26 Å². The third-order valence-electron chi connectivity index (χ3n) is 2.98. The van der Waals surface area contributed by atoms with E-state index in [4.69, 9.17) is 4.42 Å². The number of furan rings is 1. The number of aryl methyl sites for hydroxylation is 2. The maximum Gasteiger partial charge on any atom is 0.186 e. The fraction of sp³-hybridized carbons (Fsp3) is 0.429. The van der Waals surface area contributed by atoms with Gasteiger partial charge in [0, 0.05) is 12.5 Å². The van der Waals surface area contributed by atoms with Gasteiger partial charge in [-0.1, -0.05) is 6.92 Å². The van der Waals surface area contributed by atoms with Gasteiger partial charge in [0.1, 0.15) is 12.1 Å². The minimum Gasteiger partial charge on any atom is -0.469 e. The van der Waals surface area contributed by atoms with Gasteiger partial charge in [-0.25, -0.2) is 14.4 Å². The number of rotatable bonds is 6. The van der Waals surface area contributed by atoms with Crippen LogP contribution in [0.1, 0.15) is 31.7 Å². The molecule has 1 unspecified atom stereocenters. The Labute approximate surface area is 112 Å². The number of aromatic nitrogens is 2. The highest BCUT2D eigenvalue weighted by atomic mass is 19.1. The first-order valence-corrected chi connectivity index (χ1v) is 6.49. The number of anilines is 1. The van der Waals surface area contributed by atoms with Crippen molar-refractivity contribution in [3.05, 3.63) is 42.0 Å². The Morgan fingerprint density at radius 1 is 1.42 bits per heavy atom. The van der Waals surface area contributed by atoms with E-state index >= 15 is 0 Å². The van der Waals surface area contributed by atoms with Crippen LogP contribution in [0.25, 0.3) is 0 Å². The van der Waals surface area contributed by atoms with E-state index in [-0.39, 0.29) is 17.7 Å². The van der Waals surface area contributed by atoms with Crippen LogP contribution in [0, 0.1) is 5.82 Å². The summed E-state index contributed by atoms with van der Waals surface area (Å²) in [5.74, 6) is 0.861. The van der Waals surface area contributed by atoms with E-state index in [0.717, 1.165) is 18.6 Å². The molecule has 2 rings (SSSR count). The van der Waals surface area contributed by atoms with Crippen LogP contribution in [0.2, 0.25) is 0 Å². The van der Waals surface area contributed by atoms with E-state index in [1.807, 2.05) is 26.0 Å². The highest BCUT2D eigenvalue weighted by Crippen LogP contribution is 2.16. The molecule has 0 radical (unpaired) electrons. The minimum absolute atomic E-state index is 0.110. The SMILES string of the molecule is CCc1ncnc(NC(C)CCc2ccco2)c1F. The lowest BCUT2D eigenvalue weighted by atomic mass is 10.1. The largest absolute Gasteiger partial charge is 0.469 e. The summed E-state index contributed by atoms with van der Waals surface area (Å²) >= 11 is 0. The fourth-order valence-electron chi connectivity index (χ4n) is 1.87. The molecule has 0 saturated heterocycles. The molecule has 0 aliphatic heterocycles. The van der Waals surface area contributed by atoms with Gasteiger partial charge in [-0.05, 0) is 31.9 Å². The van der Waals surface area contributed by atoms with Crippen molar-refractivity contribution in [2.45, 2.75) is 39.2 Å². The van der Waals surface area contributed by atoms with Crippen LogP contribution in [0.4, 0.5) is 10.2 Å². The quantitative estimate of drug-likeness (QED) is 0.869. The lowest BCUT2D eigenvalue weighted by Gasteiger charge is -2.14. The highest BCUT2D eigenvalue weighted by molar-refractivity contribution is 5.38. The second kappa shape index (κ2) is 6.31. The van der Waals surface area contributed by atoms with Gasteiger partial charge in [-0.2, -0.15) is 0 Å². The summed E-state index contributed by atoms with van der Waals surface area (Å²) in [4.78, 5) is 7.86. The molecular formula is C14H18FN3O. The molecule has 0 amide bonds. The molecule has 2 aromatic rings. The summed E-state index contributed by atoms with van der Waals surface area (Å²) in [5.41, 5.74) is 0.440. The number of hydrogen-bond acceptors (Lipinski definition) is 4. The molecule has 0 saturated carbocycles. The normalized spacial score (nSPS) is 12.4. The molecule has 0 aliphatic rings. The molecule has 1 atom stereocenters. The van der Waals surface area contributed by atoms with Gasteiger partial charge in [0.2, 0.25) is 0 Å². The standard InChI is InChI=1S/C14H18FN3O/c1-3-12-13(15)14(17-9-16-12)18-10(2)6-7-11-5-4-8-19-11/h4-5,8-10H,3,6-7H2,1-2H3,(H,16,17,18). The maximum atomic E-state index is 13.9. The van der Waals surface area contributed by atoms with Crippen molar-refractivity contribution >= 4 is 5.82 Å². The topological polar surface area (TPSA) is 51.0 Å². The first-order chi connectivity index (χ1) is 9.20. The molecule has 19 heavy (non-hydrogen) atoms. The van der Waals surface area contributed by atoms with E-state index < -0.39 is 0 Å². The first-order valence-electron chi connectivity index (χ1n) is 6.49. The van der Waals surface area contributed by atoms with Crippen LogP contribution in [0.15, 0.2) is 29.1 Å². The van der Waals surface area contributed by atoms with Gasteiger partial charge >= 0.3 is 0 Å². The molecular weight excluding hydrogens is 245 g/mol. The second-order valence-corrected chi connectivity index (χ2v) is 4.50. The Hall–Kier alpha value is -1.91. The average molecular weight is 263 g/mol. The summed E-state index contributed by atoms with van der Waals surface area (Å²) in [6.07, 6.45) is 5.27. The Balaban J connectivity index is 1.93. The number of halogens is 1. The van der Waals surface area contributed by atoms with Crippen molar-refractivity contribution in [1.82, 2.24) is 9.97 Å². The second-order valence-electron chi connectivity index (χ2n) is 4.50. The summed E-state index contributed by atoms with van der Waals surface area (Å²) < 4.78 is 19.2. The third kappa shape index (κ3) is 3.53. The Morgan fingerprint density at radius 2 is 2.26 bits per heavy atom. The summed E-state index contributed by atoms with van der Waals surface area (Å²) in [6.45, 7) is 3.87. The monoisotopic (exact) mass is 263 g/mol. The lowest BCUT2D eigenvalue weighted by molar-refractivity contribution is 0.494. The molecule has 0 spiro atoms. The predicted molar refractivity (Wildman–Crippen MR) is 71.5 cm³/mol. The van der Waals surface area contributed by atoms with Crippen LogP contribution in [-0.4, -0.2) is 16.0 Å². The highest BCUT2D eigenvalue weighted by Gasteiger charge is 2.12. The van der Waals surface area contributed by atoms with Crippen LogP contribution >= 0.6 is 0 Å². The molecule has 1 N–H and O–H groups in total. The molecule has 2 heterocycles. The zero-order valence-corrected chi connectivity index (χ0v) is 11.2. The zero-order chi connectivity index (χ0) is 13.7. The first kappa shape index (κ1) is 13.5. The number of nitrogens with zero attached hydrogens (tertiary/aromatic N) is 2. The van der Waals surface area contributed by atoms with Crippen LogP contribution in [0.3, 0.4) is 0 Å². The summed E-state index contributed by atoms with van der Waals surface area (Å²) in [5, 5.41) is 3.08. The molecule has 0 aromatic carbocycles. The van der Waals surface area contributed by atoms with E-state index in [2.05, 4.69) is 15.3 Å². The molecule has 0 aliphatic carbocycles. The average Bonchev–Trinajstić information content (AvgIpc) is 2.92. The van der Waals surface area contributed by atoms with Gasteiger partial charge in [-0.3, -0.25) is 0 Å². The van der Waals surface area contributed by atoms with Crippen molar-refractivity contribution in [2.24, 2.45) is 0 Å². The maximum absolute atomic E-state index is 13.9. The van der Waals surface area contributed by atoms with Gasteiger partial charge in [0.25, 0.3) is 0 Å². The number of hydrogen-bond donors (Lipinski definition) is 1. The van der Waals surface area contributed by atoms with Crippen molar-refractivity contribution < 1.29 is 8.81 Å². The predicted octanol–water partition coefficient (Wildman–Crippen LogP) is 3.20. The van der Waals surface area contributed by atoms with Crippen molar-refractivity contribution in [3.63, 3.8) is 0 Å². The molecule has 4 nitrogen and oxygen atoms in total. The van der Waals surface area contributed by atoms with Crippen molar-refractivity contribution in [2.75, 3.05) is 5.32 Å². The molecule has 0 fully saturated rings. The smallest absolute Gasteiger partial charge is 0.186 e. The fourth-order valence-corrected chi connectivity index (χ4v) is 1.87. The molecule has 2 aromatic heterocycles.